The van der Waals surface area contributed by atoms with E-state index in [4.69, 9.17) is 9.47 Å². The molecule has 0 atom stereocenters. The van der Waals surface area contributed by atoms with Crippen molar-refractivity contribution in [1.82, 2.24) is 20.3 Å². The summed E-state index contributed by atoms with van der Waals surface area (Å²) in [7, 11) is 3.17. The number of amides is 1. The lowest BCUT2D eigenvalue weighted by atomic mass is 10.1. The summed E-state index contributed by atoms with van der Waals surface area (Å²) in [6.07, 6.45) is 3.30. The molecule has 1 amide bonds. The summed E-state index contributed by atoms with van der Waals surface area (Å²) in [5.41, 5.74) is 3.07. The average molecular weight is 354 g/mol. The highest BCUT2D eigenvalue weighted by atomic mass is 16.5. The van der Waals surface area contributed by atoms with Crippen LogP contribution in [-0.2, 0) is 0 Å². The van der Waals surface area contributed by atoms with Gasteiger partial charge in [0.2, 0.25) is 0 Å². The van der Waals surface area contributed by atoms with Crippen molar-refractivity contribution in [2.75, 3.05) is 20.8 Å². The average Bonchev–Trinajstić information content (AvgIpc) is 3.08. The number of methoxy groups -OCH3 is 2. The molecule has 3 rings (SSSR count). The van der Waals surface area contributed by atoms with Crippen LogP contribution < -0.4 is 14.8 Å². The lowest BCUT2D eigenvalue weighted by Gasteiger charge is -2.09. The van der Waals surface area contributed by atoms with Gasteiger partial charge in [-0.25, -0.2) is 9.97 Å². The normalized spacial score (nSPS) is 11.0. The molecule has 0 aliphatic heterocycles. The molecule has 0 aliphatic rings. The summed E-state index contributed by atoms with van der Waals surface area (Å²) in [6, 6.07) is 5.52. The molecule has 2 heterocycles. The van der Waals surface area contributed by atoms with E-state index in [9.17, 15) is 4.79 Å². The number of carbonyl (C=O) groups excluding carboxylic acids is 1. The molecule has 1 aromatic carbocycles. The number of rotatable bonds is 6. The Labute approximate surface area is 151 Å². The van der Waals surface area contributed by atoms with Gasteiger partial charge in [-0.3, -0.25) is 4.79 Å². The Morgan fingerprint density at radius 1 is 1.23 bits per heavy atom. The number of H-pyrrole nitrogens is 1. The Hall–Kier alpha value is -3.09. The minimum absolute atomic E-state index is 0.163. The van der Waals surface area contributed by atoms with Gasteiger partial charge in [0, 0.05) is 18.3 Å². The molecule has 26 heavy (non-hydrogen) atoms. The van der Waals surface area contributed by atoms with Crippen LogP contribution in [0.3, 0.4) is 0 Å². The summed E-state index contributed by atoms with van der Waals surface area (Å²) in [4.78, 5) is 24.4. The first kappa shape index (κ1) is 17.7. The fraction of sp³-hybridized carbons (Fsp3) is 0.316. The van der Waals surface area contributed by atoms with E-state index in [1.54, 1.807) is 26.6 Å². The summed E-state index contributed by atoms with van der Waals surface area (Å²) in [5, 5.41) is 2.91. The van der Waals surface area contributed by atoms with Gasteiger partial charge in [0.15, 0.2) is 17.1 Å². The summed E-state index contributed by atoms with van der Waals surface area (Å²) in [5.74, 6) is 1.46. The van der Waals surface area contributed by atoms with Gasteiger partial charge in [0.05, 0.1) is 31.7 Å². The van der Waals surface area contributed by atoms with Crippen molar-refractivity contribution in [3.8, 4) is 22.8 Å². The largest absolute Gasteiger partial charge is 0.493 e. The van der Waals surface area contributed by atoms with E-state index in [1.807, 2.05) is 32.0 Å². The minimum atomic E-state index is -0.163. The number of benzene rings is 1. The summed E-state index contributed by atoms with van der Waals surface area (Å²) >= 11 is 0. The van der Waals surface area contributed by atoms with Gasteiger partial charge in [-0.05, 0) is 24.1 Å². The third kappa shape index (κ3) is 3.46. The zero-order chi connectivity index (χ0) is 18.7. The number of nitrogens with one attached hydrogen (secondary N) is 2. The van der Waals surface area contributed by atoms with Gasteiger partial charge in [0.1, 0.15) is 5.52 Å². The van der Waals surface area contributed by atoms with E-state index < -0.39 is 0 Å². The summed E-state index contributed by atoms with van der Waals surface area (Å²) < 4.78 is 10.6. The topological polar surface area (TPSA) is 89.1 Å². The number of nitrogens with zero attached hydrogens (tertiary/aromatic N) is 2. The van der Waals surface area contributed by atoms with Crippen LogP contribution in [0, 0.1) is 5.92 Å². The number of hydrogen-bond donors (Lipinski definition) is 2. The maximum atomic E-state index is 12.4. The Morgan fingerprint density at radius 3 is 2.69 bits per heavy atom. The highest BCUT2D eigenvalue weighted by Gasteiger charge is 2.16. The molecule has 0 spiro atoms. The smallest absolute Gasteiger partial charge is 0.255 e. The first-order valence-electron chi connectivity index (χ1n) is 8.38. The van der Waals surface area contributed by atoms with E-state index in [2.05, 4.69) is 20.3 Å². The SMILES string of the molecule is COc1ccc(-c2cnc3[nH]cc(C(=O)NCC(C)C)c3n2)cc1OC. The molecule has 0 fully saturated rings. The monoisotopic (exact) mass is 354 g/mol. The van der Waals surface area contributed by atoms with Crippen LogP contribution in [0.4, 0.5) is 0 Å². The lowest BCUT2D eigenvalue weighted by molar-refractivity contribution is 0.0950. The van der Waals surface area contributed by atoms with Crippen LogP contribution in [0.15, 0.2) is 30.6 Å². The second kappa shape index (κ2) is 7.43. The molecule has 3 aromatic rings. The molecular formula is C19H22N4O3. The summed E-state index contributed by atoms with van der Waals surface area (Å²) in [6.45, 7) is 4.70. The van der Waals surface area contributed by atoms with Gasteiger partial charge in [-0.2, -0.15) is 0 Å². The van der Waals surface area contributed by atoms with Crippen LogP contribution in [0.25, 0.3) is 22.4 Å². The molecule has 0 aliphatic carbocycles. The number of aromatic amines is 1. The molecule has 0 saturated carbocycles. The number of hydrogen-bond acceptors (Lipinski definition) is 5. The third-order valence-electron chi connectivity index (χ3n) is 3.98. The van der Waals surface area contributed by atoms with Crippen LogP contribution in [0.5, 0.6) is 11.5 Å². The molecule has 136 valence electrons. The fourth-order valence-corrected chi connectivity index (χ4v) is 2.59. The molecule has 2 aromatic heterocycles. The van der Waals surface area contributed by atoms with Crippen molar-refractivity contribution in [3.63, 3.8) is 0 Å². The second-order valence-electron chi connectivity index (χ2n) is 6.33. The maximum Gasteiger partial charge on any atom is 0.255 e. The molecule has 0 unspecified atom stereocenters. The van der Waals surface area contributed by atoms with Gasteiger partial charge in [0.25, 0.3) is 5.91 Å². The minimum Gasteiger partial charge on any atom is -0.493 e. The first-order valence-corrected chi connectivity index (χ1v) is 8.38. The molecule has 0 bridgehead atoms. The second-order valence-corrected chi connectivity index (χ2v) is 6.33. The first-order chi connectivity index (χ1) is 12.5. The molecule has 0 saturated heterocycles. The molecule has 7 heteroatoms. The van der Waals surface area contributed by atoms with Crippen molar-refractivity contribution < 1.29 is 14.3 Å². The predicted molar refractivity (Wildman–Crippen MR) is 99.6 cm³/mol. The van der Waals surface area contributed by atoms with Crippen molar-refractivity contribution >= 4 is 17.1 Å². The third-order valence-corrected chi connectivity index (χ3v) is 3.98. The Bertz CT molecular complexity index is 934. The van der Waals surface area contributed by atoms with E-state index in [0.717, 1.165) is 5.56 Å². The van der Waals surface area contributed by atoms with E-state index >= 15 is 0 Å². The van der Waals surface area contributed by atoms with Crippen molar-refractivity contribution in [3.05, 3.63) is 36.2 Å². The highest BCUT2D eigenvalue weighted by molar-refractivity contribution is 6.04. The fourth-order valence-electron chi connectivity index (χ4n) is 2.59. The zero-order valence-electron chi connectivity index (χ0n) is 15.3. The highest BCUT2D eigenvalue weighted by Crippen LogP contribution is 2.32. The van der Waals surface area contributed by atoms with Gasteiger partial charge < -0.3 is 19.8 Å². The zero-order valence-corrected chi connectivity index (χ0v) is 15.3. The Kier molecular flexibility index (Phi) is 5.06. The van der Waals surface area contributed by atoms with Gasteiger partial charge in [-0.1, -0.05) is 13.8 Å². The Balaban J connectivity index is 1.98. The number of carbonyl (C=O) groups is 1. The van der Waals surface area contributed by atoms with Crippen LogP contribution in [-0.4, -0.2) is 41.6 Å². The van der Waals surface area contributed by atoms with Gasteiger partial charge in [-0.15, -0.1) is 0 Å². The van der Waals surface area contributed by atoms with Crippen molar-refractivity contribution in [2.24, 2.45) is 5.92 Å². The van der Waals surface area contributed by atoms with Crippen LogP contribution >= 0.6 is 0 Å². The quantitative estimate of drug-likeness (QED) is 0.710. The van der Waals surface area contributed by atoms with E-state index in [-0.39, 0.29) is 5.91 Å². The molecule has 2 N–H and O–H groups in total. The Morgan fingerprint density at radius 2 is 2.00 bits per heavy atom. The lowest BCUT2D eigenvalue weighted by Crippen LogP contribution is -2.27. The van der Waals surface area contributed by atoms with Crippen LogP contribution in [0.2, 0.25) is 0 Å². The van der Waals surface area contributed by atoms with Gasteiger partial charge >= 0.3 is 0 Å². The van der Waals surface area contributed by atoms with E-state index in [0.29, 0.717) is 46.4 Å². The number of ether oxygens (including phenoxy) is 2. The molecule has 7 nitrogen and oxygen atoms in total. The number of aromatic nitrogens is 3. The predicted octanol–water partition coefficient (Wildman–Crippen LogP) is 3.03. The van der Waals surface area contributed by atoms with Crippen molar-refractivity contribution in [2.45, 2.75) is 13.8 Å². The maximum absolute atomic E-state index is 12.4. The van der Waals surface area contributed by atoms with E-state index in [1.165, 1.54) is 0 Å². The van der Waals surface area contributed by atoms with Crippen molar-refractivity contribution in [1.29, 1.82) is 0 Å². The number of fused-ring (bicyclic) bond motifs is 1. The molecular weight excluding hydrogens is 332 g/mol. The molecule has 0 radical (unpaired) electrons. The standard InChI is InChI=1S/C19H22N4O3/c1-11(2)8-22-19(24)13-9-20-18-17(13)23-14(10-21-18)12-5-6-15(25-3)16(7-12)26-4/h5-7,9-11H,8H2,1-4H3,(H,20,21)(H,22,24). The van der Waals surface area contributed by atoms with Crippen LogP contribution in [0.1, 0.15) is 24.2 Å².